The maximum Gasteiger partial charge on any atom is 0.244 e. The van der Waals surface area contributed by atoms with Gasteiger partial charge in [-0.15, -0.1) is 0 Å². The monoisotopic (exact) mass is 399 g/mol. The van der Waals surface area contributed by atoms with Crippen LogP contribution in [0.25, 0.3) is 0 Å². The number of amides is 1. The van der Waals surface area contributed by atoms with Crippen LogP contribution in [0.3, 0.4) is 0 Å². The van der Waals surface area contributed by atoms with E-state index in [1.54, 1.807) is 12.5 Å². The second-order valence-electron chi connectivity index (χ2n) is 6.28. The topological polar surface area (TPSA) is 97.2 Å². The molecule has 9 heteroatoms. The van der Waals surface area contributed by atoms with Crippen molar-refractivity contribution in [2.75, 3.05) is 13.6 Å². The number of nitrogens with zero attached hydrogens (tertiary/aromatic N) is 4. The summed E-state index contributed by atoms with van der Waals surface area (Å²) >= 11 is 0. The first-order chi connectivity index (χ1) is 13.4. The Labute approximate surface area is 163 Å². The van der Waals surface area contributed by atoms with Gasteiger partial charge in [-0.05, 0) is 23.3 Å². The summed E-state index contributed by atoms with van der Waals surface area (Å²) in [5, 5.41) is 2.76. The SMILES string of the molecule is CN(CC(=O)NCc1cccc(Cn2ccnc2)c1)S(=O)(=O)c1cccnc1. The lowest BCUT2D eigenvalue weighted by molar-refractivity contribution is -0.121. The molecule has 3 rings (SSSR count). The number of rotatable bonds is 8. The molecule has 0 spiro atoms. The smallest absolute Gasteiger partial charge is 0.244 e. The van der Waals surface area contributed by atoms with Gasteiger partial charge in [0.2, 0.25) is 15.9 Å². The molecule has 1 amide bonds. The lowest BCUT2D eigenvalue weighted by Crippen LogP contribution is -2.38. The number of pyridine rings is 1. The number of carbonyl (C=O) groups excluding carboxylic acids is 1. The summed E-state index contributed by atoms with van der Waals surface area (Å²) in [5.74, 6) is -0.380. The molecule has 146 valence electrons. The van der Waals surface area contributed by atoms with E-state index in [0.29, 0.717) is 13.1 Å². The molecule has 8 nitrogen and oxygen atoms in total. The quantitative estimate of drug-likeness (QED) is 0.615. The van der Waals surface area contributed by atoms with E-state index < -0.39 is 10.0 Å². The zero-order valence-corrected chi connectivity index (χ0v) is 16.2. The van der Waals surface area contributed by atoms with E-state index in [-0.39, 0.29) is 17.3 Å². The molecule has 28 heavy (non-hydrogen) atoms. The first-order valence-electron chi connectivity index (χ1n) is 8.62. The fraction of sp³-hybridized carbons (Fsp3) is 0.211. The minimum atomic E-state index is -3.75. The van der Waals surface area contributed by atoms with Crippen molar-refractivity contribution in [2.24, 2.45) is 0 Å². The first-order valence-corrected chi connectivity index (χ1v) is 10.1. The number of nitrogens with one attached hydrogen (secondary N) is 1. The van der Waals surface area contributed by atoms with E-state index in [1.165, 1.54) is 31.6 Å². The molecule has 1 aromatic carbocycles. The molecule has 0 bridgehead atoms. The summed E-state index contributed by atoms with van der Waals surface area (Å²) in [5.41, 5.74) is 2.02. The van der Waals surface area contributed by atoms with Gasteiger partial charge >= 0.3 is 0 Å². The van der Waals surface area contributed by atoms with Gasteiger partial charge in [0.05, 0.1) is 12.9 Å². The van der Waals surface area contributed by atoms with Gasteiger partial charge in [-0.25, -0.2) is 13.4 Å². The molecule has 0 unspecified atom stereocenters. The van der Waals surface area contributed by atoms with Crippen LogP contribution in [-0.4, -0.2) is 46.8 Å². The minimum absolute atomic E-state index is 0.0532. The Bertz CT molecular complexity index is 1020. The second kappa shape index (κ2) is 8.77. The fourth-order valence-corrected chi connectivity index (χ4v) is 3.74. The third-order valence-corrected chi connectivity index (χ3v) is 5.90. The number of hydrogen-bond donors (Lipinski definition) is 1. The summed E-state index contributed by atoms with van der Waals surface area (Å²) in [6, 6.07) is 10.8. The van der Waals surface area contributed by atoms with Gasteiger partial charge in [0.15, 0.2) is 0 Å². The number of hydrogen-bond acceptors (Lipinski definition) is 5. The normalized spacial score (nSPS) is 11.5. The van der Waals surface area contributed by atoms with E-state index in [9.17, 15) is 13.2 Å². The van der Waals surface area contributed by atoms with Crippen LogP contribution in [0.2, 0.25) is 0 Å². The van der Waals surface area contributed by atoms with Crippen molar-refractivity contribution in [2.45, 2.75) is 18.0 Å². The Hall–Kier alpha value is -3.04. The highest BCUT2D eigenvalue weighted by atomic mass is 32.2. The van der Waals surface area contributed by atoms with Gasteiger partial charge in [0.25, 0.3) is 0 Å². The van der Waals surface area contributed by atoms with Crippen LogP contribution >= 0.6 is 0 Å². The Morgan fingerprint density at radius 1 is 1.14 bits per heavy atom. The van der Waals surface area contributed by atoms with Crippen molar-refractivity contribution >= 4 is 15.9 Å². The standard InChI is InChI=1S/C19H21N5O3S/c1-23(28(26,27)18-6-3-7-20-12-18)14-19(25)22-11-16-4-2-5-17(10-16)13-24-9-8-21-15-24/h2-10,12,15H,11,13-14H2,1H3,(H,22,25). The van der Waals surface area contributed by atoms with Crippen molar-refractivity contribution in [3.05, 3.63) is 78.6 Å². The van der Waals surface area contributed by atoms with Gasteiger partial charge in [-0.1, -0.05) is 24.3 Å². The predicted octanol–water partition coefficient (Wildman–Crippen LogP) is 1.26. The summed E-state index contributed by atoms with van der Waals surface area (Å²) in [6.45, 7) is 0.733. The summed E-state index contributed by atoms with van der Waals surface area (Å²) in [7, 11) is -2.38. The van der Waals surface area contributed by atoms with E-state index in [0.717, 1.165) is 15.4 Å². The number of carbonyl (C=O) groups is 1. The summed E-state index contributed by atoms with van der Waals surface area (Å²) in [4.78, 5) is 20.1. The zero-order chi connectivity index (χ0) is 20.0. The molecule has 1 N–H and O–H groups in total. The van der Waals surface area contributed by atoms with Crippen molar-refractivity contribution in [3.63, 3.8) is 0 Å². The average molecular weight is 399 g/mol. The molecule has 3 aromatic rings. The molecule has 0 saturated carbocycles. The van der Waals surface area contributed by atoms with Crippen LogP contribution < -0.4 is 5.32 Å². The average Bonchev–Trinajstić information content (AvgIpc) is 3.20. The molecule has 0 saturated heterocycles. The maximum absolute atomic E-state index is 12.4. The molecule has 0 aliphatic heterocycles. The lowest BCUT2D eigenvalue weighted by atomic mass is 10.1. The van der Waals surface area contributed by atoms with Crippen molar-refractivity contribution in [1.29, 1.82) is 0 Å². The summed E-state index contributed by atoms with van der Waals surface area (Å²) in [6.07, 6.45) is 8.10. The minimum Gasteiger partial charge on any atom is -0.351 e. The Morgan fingerprint density at radius 3 is 2.68 bits per heavy atom. The number of benzene rings is 1. The third kappa shape index (κ3) is 5.02. The van der Waals surface area contributed by atoms with Gasteiger partial charge in [0, 0.05) is 44.9 Å². The number of aromatic nitrogens is 3. The van der Waals surface area contributed by atoms with Crippen LogP contribution in [0.1, 0.15) is 11.1 Å². The Balaban J connectivity index is 1.55. The number of imidazole rings is 1. The molecule has 2 aromatic heterocycles. The van der Waals surface area contributed by atoms with Gasteiger partial charge < -0.3 is 9.88 Å². The Kier molecular flexibility index (Phi) is 6.17. The second-order valence-corrected chi connectivity index (χ2v) is 8.33. The number of likely N-dealkylation sites (N-methyl/N-ethyl adjacent to an activating group) is 1. The van der Waals surface area contributed by atoms with E-state index in [4.69, 9.17) is 0 Å². The van der Waals surface area contributed by atoms with E-state index in [2.05, 4.69) is 15.3 Å². The zero-order valence-electron chi connectivity index (χ0n) is 15.4. The molecular weight excluding hydrogens is 378 g/mol. The molecule has 2 heterocycles. The van der Waals surface area contributed by atoms with Gasteiger partial charge in [-0.3, -0.25) is 9.78 Å². The largest absolute Gasteiger partial charge is 0.351 e. The highest BCUT2D eigenvalue weighted by Gasteiger charge is 2.22. The van der Waals surface area contributed by atoms with Crippen LogP contribution in [0.4, 0.5) is 0 Å². The molecule has 0 fully saturated rings. The molecule has 0 atom stereocenters. The molecule has 0 aliphatic rings. The van der Waals surface area contributed by atoms with E-state index in [1.807, 2.05) is 35.0 Å². The maximum atomic E-state index is 12.4. The van der Waals surface area contributed by atoms with Crippen molar-refractivity contribution in [1.82, 2.24) is 24.2 Å². The fourth-order valence-electron chi connectivity index (χ4n) is 2.65. The van der Waals surface area contributed by atoms with Crippen molar-refractivity contribution in [3.8, 4) is 0 Å². The summed E-state index contributed by atoms with van der Waals surface area (Å²) < 4.78 is 27.8. The molecule has 0 aliphatic carbocycles. The number of sulfonamides is 1. The van der Waals surface area contributed by atoms with Crippen molar-refractivity contribution < 1.29 is 13.2 Å². The highest BCUT2D eigenvalue weighted by molar-refractivity contribution is 7.89. The van der Waals surface area contributed by atoms with Crippen LogP contribution in [0.5, 0.6) is 0 Å². The first kappa shape index (κ1) is 19.7. The highest BCUT2D eigenvalue weighted by Crippen LogP contribution is 2.12. The van der Waals surface area contributed by atoms with Gasteiger partial charge in [-0.2, -0.15) is 4.31 Å². The molecule has 0 radical (unpaired) electrons. The third-order valence-electron chi connectivity index (χ3n) is 4.11. The van der Waals surface area contributed by atoms with E-state index >= 15 is 0 Å². The lowest BCUT2D eigenvalue weighted by Gasteiger charge is -2.16. The van der Waals surface area contributed by atoms with Crippen LogP contribution in [0.15, 0.2) is 72.4 Å². The Morgan fingerprint density at radius 2 is 1.96 bits per heavy atom. The van der Waals surface area contributed by atoms with Crippen LogP contribution in [-0.2, 0) is 27.9 Å². The van der Waals surface area contributed by atoms with Gasteiger partial charge in [0.1, 0.15) is 4.90 Å². The molecular formula is C19H21N5O3S. The van der Waals surface area contributed by atoms with Crippen LogP contribution in [0, 0.1) is 0 Å². The predicted molar refractivity (Wildman–Crippen MR) is 104 cm³/mol.